The normalized spacial score (nSPS) is 55.3. The van der Waals surface area contributed by atoms with Crippen molar-refractivity contribution >= 4 is 11.9 Å². The number of ether oxygens (including phenoxy) is 6. The van der Waals surface area contributed by atoms with Crippen LogP contribution in [-0.4, -0.2) is 59.9 Å². The average Bonchev–Trinajstić information content (AvgIpc) is 3.39. The monoisotopic (exact) mass is 650 g/mol. The molecular weight excluding hydrogens is 600 g/mol. The van der Waals surface area contributed by atoms with Gasteiger partial charge < -0.3 is 28.4 Å². The summed E-state index contributed by atoms with van der Waals surface area (Å²) in [4.78, 5) is 50.3. The van der Waals surface area contributed by atoms with E-state index in [0.717, 1.165) is 38.5 Å². The van der Waals surface area contributed by atoms with E-state index >= 15 is 0 Å². The van der Waals surface area contributed by atoms with Crippen LogP contribution in [0, 0.1) is 47.3 Å². The Morgan fingerprint density at radius 3 is 1.41 bits per heavy atom. The zero-order valence-electron chi connectivity index (χ0n) is 27.9. The van der Waals surface area contributed by atoms with Gasteiger partial charge in [0.15, 0.2) is 23.8 Å². The first-order chi connectivity index (χ1) is 21.9. The maximum atomic E-state index is 13.1. The Balaban J connectivity index is 0.902. The van der Waals surface area contributed by atoms with Crippen molar-refractivity contribution in [3.05, 3.63) is 0 Å². The smallest absolute Gasteiger partial charge is 0.308 e. The lowest BCUT2D eigenvalue weighted by Crippen LogP contribution is -2.70. The minimum absolute atomic E-state index is 0.0339. The van der Waals surface area contributed by atoms with E-state index in [2.05, 4.69) is 13.8 Å². The molecule has 2 aliphatic carbocycles. The fraction of sp³-hybridized carbons (Fsp3) is 0.941. The van der Waals surface area contributed by atoms with Crippen LogP contribution in [0.1, 0.15) is 106 Å². The van der Waals surface area contributed by atoms with Crippen LogP contribution < -0.4 is 0 Å². The Hall–Kier alpha value is -1.38. The lowest BCUT2D eigenvalue weighted by Gasteiger charge is -2.60. The molecule has 4 bridgehead atoms. The number of rotatable bonds is 5. The van der Waals surface area contributed by atoms with Gasteiger partial charge in [0.25, 0.3) is 0 Å². The van der Waals surface area contributed by atoms with E-state index in [-0.39, 0.29) is 48.3 Å². The van der Waals surface area contributed by atoms with E-state index in [9.17, 15) is 9.59 Å². The van der Waals surface area contributed by atoms with Crippen LogP contribution in [0.25, 0.3) is 0 Å². The van der Waals surface area contributed by atoms with Crippen molar-refractivity contribution in [2.24, 2.45) is 47.3 Å². The molecule has 10 fully saturated rings. The number of esters is 2. The third kappa shape index (κ3) is 4.68. The fourth-order valence-electron chi connectivity index (χ4n) is 10.6. The Kier molecular flexibility index (Phi) is 7.66. The second-order valence-electron chi connectivity index (χ2n) is 16.0. The molecule has 0 aromatic carbocycles. The van der Waals surface area contributed by atoms with Gasteiger partial charge in [-0.25, -0.2) is 19.6 Å². The molecule has 258 valence electrons. The third-order valence-corrected chi connectivity index (χ3v) is 13.2. The topological polar surface area (TPSA) is 126 Å². The molecule has 46 heavy (non-hydrogen) atoms. The lowest BCUT2D eigenvalue weighted by atomic mass is 9.58. The predicted molar refractivity (Wildman–Crippen MR) is 155 cm³/mol. The maximum Gasteiger partial charge on any atom is 0.308 e. The molecule has 0 aromatic rings. The van der Waals surface area contributed by atoms with Gasteiger partial charge in [-0.1, -0.05) is 27.7 Å². The van der Waals surface area contributed by atoms with Crippen LogP contribution in [0.3, 0.4) is 0 Å². The van der Waals surface area contributed by atoms with Crippen molar-refractivity contribution in [3.63, 3.8) is 0 Å². The summed E-state index contributed by atoms with van der Waals surface area (Å²) in [7, 11) is 0. The van der Waals surface area contributed by atoms with Crippen molar-refractivity contribution in [2.75, 3.05) is 0 Å². The van der Waals surface area contributed by atoms with Crippen LogP contribution in [-0.2, 0) is 57.6 Å². The largest absolute Gasteiger partial charge is 0.435 e. The van der Waals surface area contributed by atoms with Crippen molar-refractivity contribution in [2.45, 2.75) is 154 Å². The number of carbonyl (C=O) groups is 2. The minimum atomic E-state index is -0.913. The SMILES string of the molecule is C[C@H]1[C@H](OC(=O)CCC(=O)O[C@@H]2O[C@@H]3O[C@@]4(C)CC[C@H]5[C@H](C)CC[C@H]([C@H]2C)[C@@]35OO4)O[C@@H]2O[C@@]3(C)CC[C@H]4[C@H](C)CC[C@H]1[C@@]24OO3. The maximum absolute atomic E-state index is 13.1. The fourth-order valence-corrected chi connectivity index (χ4v) is 10.6. The molecule has 10 rings (SSSR count). The molecule has 8 aliphatic heterocycles. The summed E-state index contributed by atoms with van der Waals surface area (Å²) in [5.41, 5.74) is -1.47. The molecule has 8 heterocycles. The molecule has 2 saturated carbocycles. The number of hydrogen-bond donors (Lipinski definition) is 0. The van der Waals surface area contributed by atoms with Gasteiger partial charge >= 0.3 is 11.9 Å². The molecule has 8 saturated heterocycles. The third-order valence-electron chi connectivity index (χ3n) is 13.2. The highest BCUT2D eigenvalue weighted by molar-refractivity contribution is 5.77. The van der Waals surface area contributed by atoms with Crippen LogP contribution in [0.2, 0.25) is 0 Å². The molecular formula is C34H50O12. The molecule has 12 heteroatoms. The predicted octanol–water partition coefficient (Wildman–Crippen LogP) is 5.27. The summed E-state index contributed by atoms with van der Waals surface area (Å²) in [6, 6.07) is 0. The van der Waals surface area contributed by atoms with E-state index < -0.39 is 59.9 Å². The first-order valence-corrected chi connectivity index (χ1v) is 17.7. The number of carbonyl (C=O) groups excluding carboxylic acids is 2. The zero-order valence-corrected chi connectivity index (χ0v) is 27.9. The zero-order chi connectivity index (χ0) is 32.2. The highest BCUT2D eigenvalue weighted by Gasteiger charge is 2.71. The van der Waals surface area contributed by atoms with Crippen molar-refractivity contribution in [3.8, 4) is 0 Å². The summed E-state index contributed by atoms with van der Waals surface area (Å²) < 4.78 is 37.2. The Labute approximate surface area is 270 Å². The average molecular weight is 651 g/mol. The highest BCUT2D eigenvalue weighted by atomic mass is 17.3. The van der Waals surface area contributed by atoms with Gasteiger partial charge in [-0.05, 0) is 76.0 Å². The standard InChI is InChI=1S/C34H50O12/c1-17-7-9-23-19(3)27(39-29-33(23)21(17)13-15-31(5,41-29)43-45-33)37-25(35)11-12-26(36)38-28-20(4)24-10-8-18(2)22-14-16-32(6)42-30(40-28)34(22,24)46-44-32/h17-24,27-30H,7-16H2,1-6H3/t17-,18-,19-,20-,21+,22+,23-,24-,27-,28-,29-,30-,31-,32-,33-,34-/m1/s1. The van der Waals surface area contributed by atoms with E-state index in [0.29, 0.717) is 24.7 Å². The van der Waals surface area contributed by atoms with E-state index in [4.69, 9.17) is 48.0 Å². The van der Waals surface area contributed by atoms with Crippen molar-refractivity contribution in [1.82, 2.24) is 0 Å². The molecule has 0 aromatic heterocycles. The van der Waals surface area contributed by atoms with E-state index in [1.165, 1.54) is 0 Å². The molecule has 12 nitrogen and oxygen atoms in total. The molecule has 0 N–H and O–H groups in total. The number of hydrogen-bond acceptors (Lipinski definition) is 12. The second-order valence-corrected chi connectivity index (χ2v) is 16.0. The van der Waals surface area contributed by atoms with Crippen LogP contribution in [0.4, 0.5) is 0 Å². The summed E-state index contributed by atoms with van der Waals surface area (Å²) >= 11 is 0. The first kappa shape index (κ1) is 31.9. The molecule has 0 amide bonds. The summed E-state index contributed by atoms with van der Waals surface area (Å²) in [5.74, 6) is -1.81. The van der Waals surface area contributed by atoms with Crippen molar-refractivity contribution < 1.29 is 57.6 Å². The van der Waals surface area contributed by atoms with Gasteiger partial charge in [0.05, 0.1) is 12.8 Å². The molecule has 0 unspecified atom stereocenters. The summed E-state index contributed by atoms with van der Waals surface area (Å²) in [5, 5.41) is 0. The van der Waals surface area contributed by atoms with Gasteiger partial charge in [0.2, 0.25) is 24.2 Å². The van der Waals surface area contributed by atoms with Crippen molar-refractivity contribution in [1.29, 1.82) is 0 Å². The summed E-state index contributed by atoms with van der Waals surface area (Å²) in [6.07, 6.45) is 3.78. The Bertz CT molecular complexity index is 1140. The lowest BCUT2D eigenvalue weighted by molar-refractivity contribution is -0.576. The van der Waals surface area contributed by atoms with Gasteiger partial charge in [-0.2, -0.15) is 0 Å². The van der Waals surface area contributed by atoms with E-state index in [1.807, 2.05) is 27.7 Å². The van der Waals surface area contributed by atoms with E-state index in [1.54, 1.807) is 0 Å². The highest BCUT2D eigenvalue weighted by Crippen LogP contribution is 2.62. The van der Waals surface area contributed by atoms with Gasteiger partial charge in [-0.15, -0.1) is 0 Å². The van der Waals surface area contributed by atoms with Gasteiger partial charge in [0, 0.05) is 36.5 Å². The Morgan fingerprint density at radius 1 is 0.587 bits per heavy atom. The first-order valence-electron chi connectivity index (χ1n) is 17.7. The van der Waals surface area contributed by atoms with Gasteiger partial charge in [-0.3, -0.25) is 9.59 Å². The summed E-state index contributed by atoms with van der Waals surface area (Å²) in [6.45, 7) is 12.3. The molecule has 10 aliphatic rings. The molecule has 2 spiro atoms. The van der Waals surface area contributed by atoms with Gasteiger partial charge in [0.1, 0.15) is 0 Å². The second kappa shape index (κ2) is 11.1. The Morgan fingerprint density at radius 2 is 1.00 bits per heavy atom. The van der Waals surface area contributed by atoms with Crippen LogP contribution >= 0.6 is 0 Å². The number of fused-ring (bicyclic) bond motifs is 4. The minimum Gasteiger partial charge on any atom is -0.435 e. The quantitative estimate of drug-likeness (QED) is 0.284. The molecule has 0 radical (unpaired) electrons. The van der Waals surface area contributed by atoms with Crippen LogP contribution in [0.15, 0.2) is 0 Å². The van der Waals surface area contributed by atoms with Crippen LogP contribution in [0.5, 0.6) is 0 Å². The molecule has 16 atom stereocenters.